The first kappa shape index (κ1) is 8.99. The monoisotopic (exact) mass is 170 g/mol. The molecule has 0 aromatic carbocycles. The zero-order valence-electron chi connectivity index (χ0n) is 7.61. The first-order chi connectivity index (χ1) is 5.65. The average Bonchev–Trinajstić information content (AvgIpc) is 2.51. The van der Waals surface area contributed by atoms with Crippen molar-refractivity contribution < 1.29 is 4.52 Å². The van der Waals surface area contributed by atoms with Crippen LogP contribution in [0.5, 0.6) is 0 Å². The van der Waals surface area contributed by atoms with Gasteiger partial charge in [0.25, 0.3) is 5.95 Å². The molecule has 5 heteroatoms. The zero-order valence-corrected chi connectivity index (χ0v) is 7.61. The molecule has 0 fully saturated rings. The minimum atomic E-state index is -0.198. The molecule has 0 aliphatic rings. The van der Waals surface area contributed by atoms with Crippen LogP contribution in [0.3, 0.4) is 0 Å². The highest BCUT2D eigenvalue weighted by atomic mass is 16.5. The van der Waals surface area contributed by atoms with Crippen LogP contribution in [0.25, 0.3) is 0 Å². The van der Waals surface area contributed by atoms with Gasteiger partial charge in [-0.05, 0) is 19.0 Å². The Balaban J connectivity index is 2.77. The van der Waals surface area contributed by atoms with E-state index in [9.17, 15) is 0 Å². The van der Waals surface area contributed by atoms with Crippen molar-refractivity contribution in [1.29, 1.82) is 0 Å². The fraction of sp³-hybridized carbons (Fsp3) is 0.714. The van der Waals surface area contributed by atoms with Gasteiger partial charge in [0.2, 0.25) is 5.89 Å². The number of hydrogen-bond donors (Lipinski definition) is 1. The number of anilines is 1. The van der Waals surface area contributed by atoms with Gasteiger partial charge in [0.1, 0.15) is 0 Å². The summed E-state index contributed by atoms with van der Waals surface area (Å²) in [5.41, 5.74) is 5.55. The standard InChI is InChI=1S/C7H14N4O/c1-4-11(3)7-9-6(5(2)8)12-10-7/h5H,4,8H2,1-3H3/t5-/m1/s1. The first-order valence-electron chi connectivity index (χ1n) is 3.95. The van der Waals surface area contributed by atoms with Gasteiger partial charge in [-0.3, -0.25) is 0 Å². The van der Waals surface area contributed by atoms with Crippen LogP contribution in [0.15, 0.2) is 4.52 Å². The van der Waals surface area contributed by atoms with Gasteiger partial charge in [-0.2, -0.15) is 4.98 Å². The lowest BCUT2D eigenvalue weighted by Crippen LogP contribution is -2.17. The number of nitrogens with zero attached hydrogens (tertiary/aromatic N) is 3. The van der Waals surface area contributed by atoms with Crippen molar-refractivity contribution >= 4 is 5.95 Å². The number of aromatic nitrogens is 2. The number of hydrogen-bond acceptors (Lipinski definition) is 5. The van der Waals surface area contributed by atoms with Crippen molar-refractivity contribution in [1.82, 2.24) is 10.1 Å². The van der Waals surface area contributed by atoms with E-state index in [4.69, 9.17) is 10.3 Å². The fourth-order valence-electron chi connectivity index (χ4n) is 0.708. The smallest absolute Gasteiger partial charge is 0.265 e. The lowest BCUT2D eigenvalue weighted by molar-refractivity contribution is 0.361. The van der Waals surface area contributed by atoms with Crippen LogP contribution in [0.4, 0.5) is 5.95 Å². The third-order valence-corrected chi connectivity index (χ3v) is 1.64. The van der Waals surface area contributed by atoms with Crippen molar-refractivity contribution in [3.05, 3.63) is 5.89 Å². The van der Waals surface area contributed by atoms with E-state index < -0.39 is 0 Å². The van der Waals surface area contributed by atoms with Crippen molar-refractivity contribution in [2.45, 2.75) is 19.9 Å². The summed E-state index contributed by atoms with van der Waals surface area (Å²) in [6.07, 6.45) is 0. The Morgan fingerprint density at radius 2 is 2.33 bits per heavy atom. The summed E-state index contributed by atoms with van der Waals surface area (Å²) in [6.45, 7) is 4.67. The maximum absolute atomic E-state index is 5.55. The largest absolute Gasteiger partial charge is 0.342 e. The van der Waals surface area contributed by atoms with E-state index >= 15 is 0 Å². The minimum Gasteiger partial charge on any atom is -0.342 e. The van der Waals surface area contributed by atoms with Crippen LogP contribution in [-0.2, 0) is 0 Å². The Bertz CT molecular complexity index is 245. The maximum Gasteiger partial charge on any atom is 0.265 e. The molecule has 1 atom stereocenters. The molecule has 1 aromatic rings. The number of nitrogens with two attached hydrogens (primary N) is 1. The van der Waals surface area contributed by atoms with E-state index in [1.54, 1.807) is 0 Å². The van der Waals surface area contributed by atoms with Crippen LogP contribution in [0, 0.1) is 0 Å². The molecule has 1 heterocycles. The first-order valence-corrected chi connectivity index (χ1v) is 3.95. The van der Waals surface area contributed by atoms with Crippen LogP contribution in [-0.4, -0.2) is 23.7 Å². The van der Waals surface area contributed by atoms with Gasteiger partial charge in [0.05, 0.1) is 6.04 Å². The molecule has 1 aromatic heterocycles. The topological polar surface area (TPSA) is 68.2 Å². The zero-order chi connectivity index (χ0) is 9.14. The summed E-state index contributed by atoms with van der Waals surface area (Å²) in [5, 5.41) is 3.77. The fourth-order valence-corrected chi connectivity index (χ4v) is 0.708. The Morgan fingerprint density at radius 3 is 2.75 bits per heavy atom. The third-order valence-electron chi connectivity index (χ3n) is 1.64. The Morgan fingerprint density at radius 1 is 1.67 bits per heavy atom. The van der Waals surface area contributed by atoms with Gasteiger partial charge in [0, 0.05) is 13.6 Å². The molecule has 0 saturated carbocycles. The second-order valence-electron chi connectivity index (χ2n) is 2.74. The van der Waals surface area contributed by atoms with Crippen molar-refractivity contribution in [3.8, 4) is 0 Å². The highest BCUT2D eigenvalue weighted by molar-refractivity contribution is 5.25. The van der Waals surface area contributed by atoms with Crippen LogP contribution < -0.4 is 10.6 Å². The minimum absolute atomic E-state index is 0.198. The summed E-state index contributed by atoms with van der Waals surface area (Å²) < 4.78 is 4.92. The molecule has 0 unspecified atom stereocenters. The van der Waals surface area contributed by atoms with Crippen LogP contribution in [0.2, 0.25) is 0 Å². The normalized spacial score (nSPS) is 13.0. The Hall–Kier alpha value is -1.10. The van der Waals surface area contributed by atoms with Gasteiger partial charge in [0.15, 0.2) is 0 Å². The predicted octanol–water partition coefficient (Wildman–Crippen LogP) is 0.545. The third kappa shape index (κ3) is 1.73. The molecule has 0 aliphatic carbocycles. The van der Waals surface area contributed by atoms with Gasteiger partial charge in [-0.15, -0.1) is 0 Å². The summed E-state index contributed by atoms with van der Waals surface area (Å²) in [6, 6.07) is -0.198. The van der Waals surface area contributed by atoms with Crippen molar-refractivity contribution in [3.63, 3.8) is 0 Å². The molecule has 2 N–H and O–H groups in total. The summed E-state index contributed by atoms with van der Waals surface area (Å²) in [4.78, 5) is 5.99. The summed E-state index contributed by atoms with van der Waals surface area (Å²) in [5.74, 6) is 1.06. The molecule has 1 rings (SSSR count). The summed E-state index contributed by atoms with van der Waals surface area (Å²) >= 11 is 0. The molecule has 68 valence electrons. The molecule has 0 bridgehead atoms. The molecule has 0 amide bonds. The molecule has 0 saturated heterocycles. The molecule has 12 heavy (non-hydrogen) atoms. The lowest BCUT2D eigenvalue weighted by atomic mass is 10.4. The molecule has 0 aliphatic heterocycles. The van der Waals surface area contributed by atoms with Gasteiger partial charge in [-0.25, -0.2) is 0 Å². The van der Waals surface area contributed by atoms with Gasteiger partial charge < -0.3 is 15.2 Å². The van der Waals surface area contributed by atoms with E-state index in [0.29, 0.717) is 11.8 Å². The maximum atomic E-state index is 5.55. The van der Waals surface area contributed by atoms with Crippen LogP contribution >= 0.6 is 0 Å². The molecule has 0 spiro atoms. The Labute approximate surface area is 71.5 Å². The molecular formula is C7H14N4O. The number of rotatable bonds is 3. The van der Waals surface area contributed by atoms with Crippen molar-refractivity contribution in [2.24, 2.45) is 5.73 Å². The van der Waals surface area contributed by atoms with Crippen LogP contribution in [0.1, 0.15) is 25.8 Å². The van der Waals surface area contributed by atoms with E-state index in [2.05, 4.69) is 10.1 Å². The van der Waals surface area contributed by atoms with Gasteiger partial charge >= 0.3 is 0 Å². The highest BCUT2D eigenvalue weighted by Crippen LogP contribution is 2.11. The quantitative estimate of drug-likeness (QED) is 0.717. The van der Waals surface area contributed by atoms with Gasteiger partial charge in [-0.1, -0.05) is 0 Å². The van der Waals surface area contributed by atoms with Crippen molar-refractivity contribution in [2.75, 3.05) is 18.5 Å². The second-order valence-corrected chi connectivity index (χ2v) is 2.74. The summed E-state index contributed by atoms with van der Waals surface area (Å²) in [7, 11) is 1.90. The Kier molecular flexibility index (Phi) is 2.65. The predicted molar refractivity (Wildman–Crippen MR) is 45.8 cm³/mol. The van der Waals surface area contributed by atoms with E-state index in [1.807, 2.05) is 25.8 Å². The molecule has 0 radical (unpaired) electrons. The van der Waals surface area contributed by atoms with E-state index in [1.165, 1.54) is 0 Å². The average molecular weight is 170 g/mol. The highest BCUT2D eigenvalue weighted by Gasteiger charge is 2.11. The second kappa shape index (κ2) is 3.53. The van der Waals surface area contributed by atoms with E-state index in [-0.39, 0.29) is 6.04 Å². The molecule has 5 nitrogen and oxygen atoms in total. The van der Waals surface area contributed by atoms with E-state index in [0.717, 1.165) is 6.54 Å². The molecular weight excluding hydrogens is 156 g/mol. The SMILES string of the molecule is CCN(C)c1noc([C@@H](C)N)n1. The lowest BCUT2D eigenvalue weighted by Gasteiger charge is -2.08.